The van der Waals surface area contributed by atoms with E-state index in [9.17, 15) is 14.4 Å². The second kappa shape index (κ2) is 9.85. The van der Waals surface area contributed by atoms with Gasteiger partial charge in [0.05, 0.1) is 20.8 Å². The van der Waals surface area contributed by atoms with Crippen molar-refractivity contribution in [2.24, 2.45) is 7.05 Å². The number of aromatic nitrogens is 5. The number of carbonyl (C=O) groups excluding carboxylic acids is 1. The highest BCUT2D eigenvalue weighted by Gasteiger charge is 2.17. The van der Waals surface area contributed by atoms with Gasteiger partial charge in [-0.15, -0.1) is 0 Å². The third-order valence-electron chi connectivity index (χ3n) is 6.34. The van der Waals surface area contributed by atoms with Crippen LogP contribution in [0.5, 0.6) is 11.5 Å². The van der Waals surface area contributed by atoms with Crippen molar-refractivity contribution >= 4 is 33.5 Å². The maximum Gasteiger partial charge on any atom is 0.332 e. The van der Waals surface area contributed by atoms with Crippen molar-refractivity contribution in [1.29, 1.82) is 0 Å². The number of hydrogen-bond acceptors (Lipinski definition) is 7. The number of fused-ring (bicyclic) bond motifs is 2. The Morgan fingerprint density at radius 2 is 1.76 bits per heavy atom. The van der Waals surface area contributed by atoms with Crippen molar-refractivity contribution in [3.63, 3.8) is 0 Å². The summed E-state index contributed by atoms with van der Waals surface area (Å²) in [5.74, 6) is 1.53. The molecule has 1 amide bonds. The standard InChI is InChI=1S/C27H26N6O5/c1-15(34)29-19-7-5-16(6-8-19)14-33-25-24(26(35)32(2)27(33)36)30-23(31-25)10-18-13-28-12-17-9-21(37-3)22(38-4)11-20(17)18/h5-9,11-13H,10,14H2,1-4H3,(H,29,34)(H,30,31). The lowest BCUT2D eigenvalue weighted by Crippen LogP contribution is -2.38. The molecule has 0 fully saturated rings. The summed E-state index contributed by atoms with van der Waals surface area (Å²) in [6.45, 7) is 1.63. The minimum absolute atomic E-state index is 0.170. The minimum Gasteiger partial charge on any atom is -0.493 e. The summed E-state index contributed by atoms with van der Waals surface area (Å²) in [6.07, 6.45) is 3.82. The largest absolute Gasteiger partial charge is 0.493 e. The van der Waals surface area contributed by atoms with Gasteiger partial charge >= 0.3 is 5.69 Å². The number of methoxy groups -OCH3 is 2. The number of imidazole rings is 1. The SMILES string of the molecule is COc1cc2cncc(Cc3nc4c([nH]3)c(=O)n(C)c(=O)n4Cc3ccc(NC(C)=O)cc3)c2cc1OC. The smallest absolute Gasteiger partial charge is 0.332 e. The molecule has 0 saturated carbocycles. The first-order valence-electron chi connectivity index (χ1n) is 11.8. The minimum atomic E-state index is -0.477. The Kier molecular flexibility index (Phi) is 6.41. The van der Waals surface area contributed by atoms with Crippen molar-refractivity contribution < 1.29 is 14.3 Å². The zero-order chi connectivity index (χ0) is 27.0. The normalized spacial score (nSPS) is 11.2. The molecule has 0 aliphatic carbocycles. The third-order valence-corrected chi connectivity index (χ3v) is 6.34. The number of aromatic amines is 1. The maximum atomic E-state index is 13.1. The number of hydrogen-bond donors (Lipinski definition) is 2. The molecule has 0 spiro atoms. The molecule has 0 unspecified atom stereocenters. The molecule has 0 aliphatic rings. The van der Waals surface area contributed by atoms with Gasteiger partial charge in [-0.2, -0.15) is 0 Å². The summed E-state index contributed by atoms with van der Waals surface area (Å²) in [6, 6.07) is 10.9. The molecule has 0 bridgehead atoms. The van der Waals surface area contributed by atoms with Crippen molar-refractivity contribution in [2.45, 2.75) is 19.9 Å². The van der Waals surface area contributed by atoms with Gasteiger partial charge in [0.1, 0.15) is 11.3 Å². The highest BCUT2D eigenvalue weighted by molar-refractivity contribution is 5.89. The first kappa shape index (κ1) is 24.8. The van der Waals surface area contributed by atoms with E-state index in [1.807, 2.05) is 24.3 Å². The van der Waals surface area contributed by atoms with Crippen LogP contribution in [0.25, 0.3) is 21.9 Å². The van der Waals surface area contributed by atoms with Crippen LogP contribution in [0.4, 0.5) is 5.69 Å². The predicted octanol–water partition coefficient (Wildman–Crippen LogP) is 2.59. The van der Waals surface area contributed by atoms with Crippen LogP contribution in [0.3, 0.4) is 0 Å². The Morgan fingerprint density at radius 1 is 1.05 bits per heavy atom. The van der Waals surface area contributed by atoms with E-state index in [1.165, 1.54) is 18.5 Å². The van der Waals surface area contributed by atoms with E-state index in [4.69, 9.17) is 9.47 Å². The summed E-state index contributed by atoms with van der Waals surface area (Å²) < 4.78 is 13.4. The lowest BCUT2D eigenvalue weighted by atomic mass is 10.0. The van der Waals surface area contributed by atoms with Gasteiger partial charge in [0.25, 0.3) is 5.56 Å². The molecule has 3 aromatic heterocycles. The molecule has 38 heavy (non-hydrogen) atoms. The van der Waals surface area contributed by atoms with E-state index in [0.29, 0.717) is 29.4 Å². The Morgan fingerprint density at radius 3 is 2.45 bits per heavy atom. The molecule has 0 saturated heterocycles. The van der Waals surface area contributed by atoms with Crippen LogP contribution < -0.4 is 26.0 Å². The highest BCUT2D eigenvalue weighted by atomic mass is 16.5. The number of amides is 1. The topological polar surface area (TPSA) is 133 Å². The van der Waals surface area contributed by atoms with Crippen LogP contribution in [0, 0.1) is 0 Å². The molecule has 11 heteroatoms. The summed E-state index contributed by atoms with van der Waals surface area (Å²) in [7, 11) is 4.59. The van der Waals surface area contributed by atoms with Crippen molar-refractivity contribution in [3.05, 3.63) is 86.6 Å². The molecule has 3 heterocycles. The van der Waals surface area contributed by atoms with Gasteiger partial charge in [0.2, 0.25) is 5.91 Å². The van der Waals surface area contributed by atoms with Crippen LogP contribution in [-0.4, -0.2) is 44.2 Å². The Hall–Kier alpha value is -4.93. The molecule has 5 aromatic rings. The molecule has 5 rings (SSSR count). The Bertz CT molecular complexity index is 1800. The lowest BCUT2D eigenvalue weighted by Gasteiger charge is -2.11. The Balaban J connectivity index is 1.56. The summed E-state index contributed by atoms with van der Waals surface area (Å²) in [4.78, 5) is 49.4. The number of anilines is 1. The monoisotopic (exact) mass is 514 g/mol. The molecule has 0 radical (unpaired) electrons. The zero-order valence-corrected chi connectivity index (χ0v) is 21.4. The van der Waals surface area contributed by atoms with Crippen molar-refractivity contribution in [3.8, 4) is 11.5 Å². The number of H-pyrrole nitrogens is 1. The quantitative estimate of drug-likeness (QED) is 0.341. The van der Waals surface area contributed by atoms with Gasteiger partial charge in [-0.1, -0.05) is 12.1 Å². The summed E-state index contributed by atoms with van der Waals surface area (Å²) in [5, 5.41) is 4.49. The molecular formula is C27H26N6O5. The molecule has 194 valence electrons. The number of pyridine rings is 1. The van der Waals surface area contributed by atoms with Crippen LogP contribution in [0.1, 0.15) is 23.9 Å². The maximum absolute atomic E-state index is 13.1. The van der Waals surface area contributed by atoms with Gasteiger partial charge in [0.15, 0.2) is 17.1 Å². The zero-order valence-electron chi connectivity index (χ0n) is 21.4. The fraction of sp³-hybridized carbons (Fsp3) is 0.222. The van der Waals surface area contributed by atoms with E-state index in [2.05, 4.69) is 20.3 Å². The predicted molar refractivity (Wildman–Crippen MR) is 143 cm³/mol. The third kappa shape index (κ3) is 4.49. The average molecular weight is 515 g/mol. The molecule has 11 nitrogen and oxygen atoms in total. The molecule has 2 aromatic carbocycles. The Labute approximate surface area is 216 Å². The molecule has 2 N–H and O–H groups in total. The molecule has 0 atom stereocenters. The fourth-order valence-corrected chi connectivity index (χ4v) is 4.47. The fourth-order valence-electron chi connectivity index (χ4n) is 4.47. The number of carbonyl (C=O) groups is 1. The van der Waals surface area contributed by atoms with Crippen LogP contribution in [-0.2, 0) is 24.8 Å². The van der Waals surface area contributed by atoms with Gasteiger partial charge < -0.3 is 19.8 Å². The average Bonchev–Trinajstić information content (AvgIpc) is 3.33. The highest BCUT2D eigenvalue weighted by Crippen LogP contribution is 2.33. The summed E-state index contributed by atoms with van der Waals surface area (Å²) >= 11 is 0. The van der Waals surface area contributed by atoms with E-state index < -0.39 is 11.2 Å². The van der Waals surface area contributed by atoms with Crippen LogP contribution >= 0.6 is 0 Å². The van der Waals surface area contributed by atoms with Gasteiger partial charge in [-0.25, -0.2) is 9.78 Å². The van der Waals surface area contributed by atoms with Crippen molar-refractivity contribution in [2.75, 3.05) is 19.5 Å². The molecule has 0 aliphatic heterocycles. The van der Waals surface area contributed by atoms with E-state index >= 15 is 0 Å². The second-order valence-corrected chi connectivity index (χ2v) is 8.90. The van der Waals surface area contributed by atoms with Crippen LogP contribution in [0.2, 0.25) is 0 Å². The number of rotatable bonds is 7. The van der Waals surface area contributed by atoms with E-state index in [0.717, 1.165) is 26.5 Å². The van der Waals surface area contributed by atoms with E-state index in [1.54, 1.807) is 38.7 Å². The van der Waals surface area contributed by atoms with Crippen molar-refractivity contribution in [1.82, 2.24) is 24.1 Å². The number of nitrogens with zero attached hydrogens (tertiary/aromatic N) is 4. The molecular weight excluding hydrogens is 488 g/mol. The van der Waals surface area contributed by atoms with E-state index in [-0.39, 0.29) is 23.6 Å². The first-order valence-corrected chi connectivity index (χ1v) is 11.8. The summed E-state index contributed by atoms with van der Waals surface area (Å²) in [5.41, 5.74) is 1.90. The number of nitrogens with one attached hydrogen (secondary N) is 2. The number of ether oxygens (including phenoxy) is 2. The van der Waals surface area contributed by atoms with Gasteiger partial charge in [0, 0.05) is 43.9 Å². The lowest BCUT2D eigenvalue weighted by molar-refractivity contribution is -0.114. The van der Waals surface area contributed by atoms with Crippen LogP contribution in [0.15, 0.2) is 58.4 Å². The first-order chi connectivity index (χ1) is 18.3. The van der Waals surface area contributed by atoms with Gasteiger partial charge in [-0.05, 0) is 40.8 Å². The number of benzene rings is 2. The second-order valence-electron chi connectivity index (χ2n) is 8.90. The van der Waals surface area contributed by atoms with Gasteiger partial charge in [-0.3, -0.25) is 23.7 Å².